The van der Waals surface area contributed by atoms with Gasteiger partial charge < -0.3 is 4.74 Å². The molecule has 2 aromatic carbocycles. The van der Waals surface area contributed by atoms with Gasteiger partial charge in [0.15, 0.2) is 0 Å². The Morgan fingerprint density at radius 3 is 2.05 bits per heavy atom. The van der Waals surface area contributed by atoms with Crippen molar-refractivity contribution in [3.63, 3.8) is 0 Å². The minimum atomic E-state index is -4.33. The molecule has 0 fully saturated rings. The number of halogens is 3. The van der Waals surface area contributed by atoms with Crippen LogP contribution in [-0.4, -0.2) is 0 Å². The molecule has 0 spiro atoms. The van der Waals surface area contributed by atoms with E-state index in [2.05, 4.69) is 13.8 Å². The summed E-state index contributed by atoms with van der Waals surface area (Å²) in [5.74, 6) is 1.59. The Hall–Kier alpha value is -1.97. The third-order valence-corrected chi connectivity index (χ3v) is 3.36. The molecule has 0 amide bonds. The van der Waals surface area contributed by atoms with Gasteiger partial charge in [0, 0.05) is 0 Å². The standard InChI is InChI=1S/C18H19F3O/c1-12(2)10-14-4-7-17(11-13(14)3)22-16-8-5-15(6-9-16)18(19,20)21/h4-9,11-12H,10H2,1-3H3. The van der Waals surface area contributed by atoms with Crippen molar-refractivity contribution in [1.82, 2.24) is 0 Å². The number of alkyl halides is 3. The van der Waals surface area contributed by atoms with Crippen molar-refractivity contribution in [3.8, 4) is 11.5 Å². The normalized spacial score (nSPS) is 11.8. The molecule has 0 aliphatic rings. The average molecular weight is 308 g/mol. The molecule has 0 unspecified atom stereocenters. The molecular formula is C18H19F3O. The number of hydrogen-bond donors (Lipinski definition) is 0. The van der Waals surface area contributed by atoms with Crippen LogP contribution in [0, 0.1) is 12.8 Å². The van der Waals surface area contributed by atoms with Gasteiger partial charge in [0.1, 0.15) is 11.5 Å². The zero-order chi connectivity index (χ0) is 16.3. The Morgan fingerprint density at radius 1 is 0.955 bits per heavy atom. The SMILES string of the molecule is Cc1cc(Oc2ccc(C(F)(F)F)cc2)ccc1CC(C)C. The van der Waals surface area contributed by atoms with E-state index in [4.69, 9.17) is 4.74 Å². The molecule has 0 aliphatic carbocycles. The van der Waals surface area contributed by atoms with E-state index in [0.717, 1.165) is 24.1 Å². The number of aryl methyl sites for hydroxylation is 1. The highest BCUT2D eigenvalue weighted by Gasteiger charge is 2.30. The molecule has 0 saturated carbocycles. The molecule has 0 bridgehead atoms. The topological polar surface area (TPSA) is 9.23 Å². The molecule has 0 aromatic heterocycles. The van der Waals surface area contributed by atoms with Gasteiger partial charge in [-0.25, -0.2) is 0 Å². The molecule has 0 aliphatic heterocycles. The van der Waals surface area contributed by atoms with E-state index in [1.165, 1.54) is 17.7 Å². The Labute approximate surface area is 128 Å². The minimum absolute atomic E-state index is 0.393. The summed E-state index contributed by atoms with van der Waals surface area (Å²) in [5.41, 5.74) is 1.70. The van der Waals surface area contributed by atoms with Gasteiger partial charge in [-0.15, -0.1) is 0 Å². The van der Waals surface area contributed by atoms with E-state index in [9.17, 15) is 13.2 Å². The molecule has 2 aromatic rings. The van der Waals surface area contributed by atoms with Crippen molar-refractivity contribution < 1.29 is 17.9 Å². The number of ether oxygens (including phenoxy) is 1. The van der Waals surface area contributed by atoms with Gasteiger partial charge >= 0.3 is 6.18 Å². The fourth-order valence-electron chi connectivity index (χ4n) is 2.25. The van der Waals surface area contributed by atoms with Crippen LogP contribution in [0.25, 0.3) is 0 Å². The van der Waals surface area contributed by atoms with E-state index in [1.54, 1.807) is 0 Å². The van der Waals surface area contributed by atoms with E-state index < -0.39 is 11.7 Å². The largest absolute Gasteiger partial charge is 0.457 e. The van der Waals surface area contributed by atoms with Crippen LogP contribution in [-0.2, 0) is 12.6 Å². The Morgan fingerprint density at radius 2 is 1.55 bits per heavy atom. The van der Waals surface area contributed by atoms with Crippen molar-refractivity contribution >= 4 is 0 Å². The van der Waals surface area contributed by atoms with Crippen LogP contribution >= 0.6 is 0 Å². The van der Waals surface area contributed by atoms with Crippen LogP contribution in [0.5, 0.6) is 11.5 Å². The van der Waals surface area contributed by atoms with Gasteiger partial charge in [-0.1, -0.05) is 19.9 Å². The molecule has 22 heavy (non-hydrogen) atoms. The van der Waals surface area contributed by atoms with Crippen molar-refractivity contribution in [3.05, 3.63) is 59.2 Å². The zero-order valence-electron chi connectivity index (χ0n) is 12.9. The van der Waals surface area contributed by atoms with Gasteiger partial charge in [0.05, 0.1) is 5.56 Å². The molecule has 4 heteroatoms. The lowest BCUT2D eigenvalue weighted by Crippen LogP contribution is -2.04. The summed E-state index contributed by atoms with van der Waals surface area (Å²) >= 11 is 0. The summed E-state index contributed by atoms with van der Waals surface area (Å²) in [6, 6.07) is 10.5. The average Bonchev–Trinajstić information content (AvgIpc) is 2.41. The van der Waals surface area contributed by atoms with E-state index in [1.807, 2.05) is 25.1 Å². The molecule has 0 radical (unpaired) electrons. The molecule has 0 N–H and O–H groups in total. The first-order valence-electron chi connectivity index (χ1n) is 7.20. The highest BCUT2D eigenvalue weighted by Crippen LogP contribution is 2.31. The lowest BCUT2D eigenvalue weighted by molar-refractivity contribution is -0.137. The fraction of sp³-hybridized carbons (Fsp3) is 0.333. The lowest BCUT2D eigenvalue weighted by Gasteiger charge is -2.12. The fourth-order valence-corrected chi connectivity index (χ4v) is 2.25. The van der Waals surface area contributed by atoms with Gasteiger partial charge in [-0.3, -0.25) is 0 Å². The highest BCUT2D eigenvalue weighted by molar-refractivity contribution is 5.39. The highest BCUT2D eigenvalue weighted by atomic mass is 19.4. The molecular weight excluding hydrogens is 289 g/mol. The molecule has 0 atom stereocenters. The maximum atomic E-state index is 12.5. The zero-order valence-corrected chi connectivity index (χ0v) is 12.9. The third kappa shape index (κ3) is 4.26. The van der Waals surface area contributed by atoms with Crippen molar-refractivity contribution in [2.24, 2.45) is 5.92 Å². The number of benzene rings is 2. The number of rotatable bonds is 4. The van der Waals surface area contributed by atoms with E-state index >= 15 is 0 Å². The van der Waals surface area contributed by atoms with Crippen LogP contribution in [0.2, 0.25) is 0 Å². The Bertz CT molecular complexity index is 628. The summed E-state index contributed by atoms with van der Waals surface area (Å²) in [6.07, 6.45) is -3.33. The predicted molar refractivity (Wildman–Crippen MR) is 81.2 cm³/mol. The second kappa shape index (κ2) is 6.42. The van der Waals surface area contributed by atoms with Crippen LogP contribution in [0.15, 0.2) is 42.5 Å². The molecule has 0 heterocycles. The van der Waals surface area contributed by atoms with Gasteiger partial charge in [0.2, 0.25) is 0 Å². The monoisotopic (exact) mass is 308 g/mol. The van der Waals surface area contributed by atoms with Gasteiger partial charge in [-0.05, 0) is 66.8 Å². The Balaban J connectivity index is 2.12. The molecule has 2 rings (SSSR count). The third-order valence-electron chi connectivity index (χ3n) is 3.36. The van der Waals surface area contributed by atoms with Gasteiger partial charge in [-0.2, -0.15) is 13.2 Å². The maximum absolute atomic E-state index is 12.5. The molecule has 118 valence electrons. The smallest absolute Gasteiger partial charge is 0.416 e. The van der Waals surface area contributed by atoms with Crippen LogP contribution in [0.3, 0.4) is 0 Å². The molecule has 1 nitrogen and oxygen atoms in total. The van der Waals surface area contributed by atoms with Crippen molar-refractivity contribution in [2.75, 3.05) is 0 Å². The first-order chi connectivity index (χ1) is 10.3. The maximum Gasteiger partial charge on any atom is 0.416 e. The summed E-state index contributed by atoms with van der Waals surface area (Å²) in [7, 11) is 0. The second-order valence-corrected chi connectivity index (χ2v) is 5.81. The first-order valence-corrected chi connectivity index (χ1v) is 7.20. The van der Waals surface area contributed by atoms with Crippen LogP contribution in [0.1, 0.15) is 30.5 Å². The van der Waals surface area contributed by atoms with Crippen LogP contribution in [0.4, 0.5) is 13.2 Å². The van der Waals surface area contributed by atoms with E-state index in [-0.39, 0.29) is 0 Å². The molecule has 0 saturated heterocycles. The second-order valence-electron chi connectivity index (χ2n) is 5.81. The lowest BCUT2D eigenvalue weighted by atomic mass is 9.99. The van der Waals surface area contributed by atoms with Gasteiger partial charge in [0.25, 0.3) is 0 Å². The first kappa shape index (κ1) is 16.4. The number of hydrogen-bond acceptors (Lipinski definition) is 1. The predicted octanol–water partition coefficient (Wildman–Crippen LogP) is 6.00. The summed E-state index contributed by atoms with van der Waals surface area (Å²) in [5, 5.41) is 0. The van der Waals surface area contributed by atoms with Crippen molar-refractivity contribution in [2.45, 2.75) is 33.4 Å². The summed E-state index contributed by atoms with van der Waals surface area (Å²) < 4.78 is 43.1. The van der Waals surface area contributed by atoms with E-state index in [0.29, 0.717) is 17.4 Å². The quantitative estimate of drug-likeness (QED) is 0.672. The van der Waals surface area contributed by atoms with Crippen LogP contribution < -0.4 is 4.74 Å². The van der Waals surface area contributed by atoms with Crippen molar-refractivity contribution in [1.29, 1.82) is 0 Å². The summed E-state index contributed by atoms with van der Waals surface area (Å²) in [4.78, 5) is 0. The Kier molecular flexibility index (Phi) is 4.79. The minimum Gasteiger partial charge on any atom is -0.457 e. The summed E-state index contributed by atoms with van der Waals surface area (Å²) in [6.45, 7) is 6.33.